The smallest absolute Gasteiger partial charge is 0.347 e. The number of carboxylic acids is 1. The molecule has 0 heterocycles. The monoisotopic (exact) mass is 554 g/mol. The van der Waals surface area contributed by atoms with Gasteiger partial charge < -0.3 is 14.6 Å². The minimum atomic E-state index is -1.30. The average Bonchev–Trinajstić information content (AvgIpc) is 3.05. The van der Waals surface area contributed by atoms with Gasteiger partial charge in [0.1, 0.15) is 5.75 Å². The molecule has 6 heteroatoms. The number of carbonyl (C=O) groups excluding carboxylic acids is 1. The summed E-state index contributed by atoms with van der Waals surface area (Å²) < 4.78 is 11.3. The predicted molar refractivity (Wildman–Crippen MR) is 159 cm³/mol. The molecule has 0 spiro atoms. The van der Waals surface area contributed by atoms with E-state index in [2.05, 4.69) is 37.4 Å². The Bertz CT molecular complexity index is 1100. The number of methoxy groups -OCH3 is 1. The number of ketones is 1. The van der Waals surface area contributed by atoms with Crippen LogP contribution in [0.3, 0.4) is 0 Å². The van der Waals surface area contributed by atoms with Gasteiger partial charge >= 0.3 is 5.97 Å². The van der Waals surface area contributed by atoms with Crippen molar-refractivity contribution in [1.82, 2.24) is 0 Å². The van der Waals surface area contributed by atoms with Crippen molar-refractivity contribution in [3.05, 3.63) is 58.7 Å². The van der Waals surface area contributed by atoms with Crippen LogP contribution in [0.5, 0.6) is 5.75 Å². The third kappa shape index (κ3) is 8.11. The number of hydrogen-bond acceptors (Lipinski definition) is 5. The molecule has 0 saturated heterocycles. The maximum absolute atomic E-state index is 13.8. The van der Waals surface area contributed by atoms with E-state index >= 15 is 0 Å². The number of carbonyl (C=O) groups is 2. The van der Waals surface area contributed by atoms with Gasteiger partial charge in [-0.3, -0.25) is 4.79 Å². The molecule has 4 atom stereocenters. The molecule has 0 radical (unpaired) electrons. The summed E-state index contributed by atoms with van der Waals surface area (Å²) in [7, 11) is 1.76. The van der Waals surface area contributed by atoms with Gasteiger partial charge in [0.05, 0.1) is 0 Å². The van der Waals surface area contributed by atoms with Gasteiger partial charge in [-0.15, -0.1) is 11.8 Å². The summed E-state index contributed by atoms with van der Waals surface area (Å²) >= 11 is 1.69. The van der Waals surface area contributed by atoms with Crippen LogP contribution in [-0.4, -0.2) is 42.4 Å². The van der Waals surface area contributed by atoms with Crippen molar-refractivity contribution >= 4 is 23.5 Å². The van der Waals surface area contributed by atoms with Crippen molar-refractivity contribution in [3.8, 4) is 5.75 Å². The molecule has 3 rings (SSSR count). The number of carboxylic acid groups (broad SMARTS) is 1. The van der Waals surface area contributed by atoms with E-state index in [1.807, 2.05) is 26.0 Å². The molecule has 1 aliphatic carbocycles. The minimum Gasteiger partial charge on any atom is -0.478 e. The number of Topliss-reactive ketones (excluding diaryl/α,β-unsaturated/α-hetero) is 1. The Hall–Kier alpha value is -2.31. The lowest BCUT2D eigenvalue weighted by molar-refractivity contribution is -0.152. The van der Waals surface area contributed by atoms with Crippen molar-refractivity contribution in [1.29, 1.82) is 0 Å². The summed E-state index contributed by atoms with van der Waals surface area (Å²) in [6, 6.07) is 12.3. The highest BCUT2D eigenvalue weighted by molar-refractivity contribution is 7.98. The maximum atomic E-state index is 13.8. The summed E-state index contributed by atoms with van der Waals surface area (Å²) in [4.78, 5) is 26.6. The lowest BCUT2D eigenvalue weighted by atomic mass is 9.77. The van der Waals surface area contributed by atoms with Gasteiger partial charge in [-0.25, -0.2) is 4.79 Å². The fourth-order valence-electron chi connectivity index (χ4n) is 6.08. The second kappa shape index (κ2) is 13.8. The van der Waals surface area contributed by atoms with Crippen molar-refractivity contribution in [2.75, 3.05) is 20.0 Å². The molecule has 1 aliphatic rings. The topological polar surface area (TPSA) is 72.8 Å². The number of aliphatic carboxylic acids is 1. The summed E-state index contributed by atoms with van der Waals surface area (Å²) in [6.07, 6.45) is 7.93. The third-order valence-corrected chi connectivity index (χ3v) is 9.24. The van der Waals surface area contributed by atoms with Crippen LogP contribution in [0.1, 0.15) is 79.9 Å². The summed E-state index contributed by atoms with van der Waals surface area (Å²) in [5.74, 6) is 1.36. The zero-order valence-corrected chi connectivity index (χ0v) is 25.5. The Morgan fingerprint density at radius 2 is 1.67 bits per heavy atom. The molecule has 1 fully saturated rings. The first-order valence-electron chi connectivity index (χ1n) is 14.2. The molecule has 39 heavy (non-hydrogen) atoms. The van der Waals surface area contributed by atoms with Crippen LogP contribution in [0.4, 0.5) is 0 Å². The Labute approximate surface area is 239 Å². The highest BCUT2D eigenvalue weighted by Crippen LogP contribution is 2.41. The number of aryl methyl sites for hydroxylation is 3. The van der Waals surface area contributed by atoms with Crippen molar-refractivity contribution in [3.63, 3.8) is 0 Å². The van der Waals surface area contributed by atoms with Crippen LogP contribution in [0.15, 0.2) is 41.3 Å². The van der Waals surface area contributed by atoms with E-state index in [-0.39, 0.29) is 11.7 Å². The van der Waals surface area contributed by atoms with Gasteiger partial charge in [0, 0.05) is 30.1 Å². The Kier molecular flexibility index (Phi) is 11.1. The van der Waals surface area contributed by atoms with Crippen LogP contribution >= 0.6 is 11.8 Å². The molecule has 2 aromatic carbocycles. The van der Waals surface area contributed by atoms with Crippen LogP contribution < -0.4 is 4.74 Å². The minimum absolute atomic E-state index is 0.0151. The van der Waals surface area contributed by atoms with Gasteiger partial charge in [-0.1, -0.05) is 31.2 Å². The molecule has 0 aliphatic heterocycles. The normalized spacial score (nSPS) is 21.8. The number of benzene rings is 2. The molecule has 2 unspecified atom stereocenters. The lowest BCUT2D eigenvalue weighted by Crippen LogP contribution is -2.38. The number of thioether (sulfide) groups is 1. The standard InChI is InChI=1S/C33H46O5S/c1-21-20-27(9-8-24-18-22(2)31(23(3)19-24)38-33(4,5)32(35)36)29(15-12-25(21)16-17-37-6)30(34)26-10-13-28(39-7)14-11-26/h10-11,13-14,18-19,21,25,27,29H,8-9,12,15-17,20H2,1-7H3,(H,35,36)/t21?,25?,27-,29-/m1/s1. The second-order valence-electron chi connectivity index (χ2n) is 11.8. The Balaban J connectivity index is 1.82. The molecule has 1 saturated carbocycles. The van der Waals surface area contributed by atoms with Gasteiger partial charge in [-0.2, -0.15) is 0 Å². The number of hydrogen-bond donors (Lipinski definition) is 1. The highest BCUT2D eigenvalue weighted by Gasteiger charge is 2.36. The fourth-order valence-corrected chi connectivity index (χ4v) is 6.48. The highest BCUT2D eigenvalue weighted by atomic mass is 32.2. The van der Waals surface area contributed by atoms with Crippen LogP contribution in [0.25, 0.3) is 0 Å². The predicted octanol–water partition coefficient (Wildman–Crippen LogP) is 7.79. The van der Waals surface area contributed by atoms with E-state index in [0.29, 0.717) is 23.5 Å². The largest absolute Gasteiger partial charge is 0.478 e. The molecule has 0 bridgehead atoms. The van der Waals surface area contributed by atoms with Crippen LogP contribution in [0, 0.1) is 37.5 Å². The first kappa shape index (κ1) is 31.2. The van der Waals surface area contributed by atoms with E-state index in [1.54, 1.807) is 32.7 Å². The fraction of sp³-hybridized carbons (Fsp3) is 0.576. The SMILES string of the molecule is COCCC1CC[C@@H](C(=O)c2ccc(SC)cc2)[C@H](CCc2cc(C)c(OC(C)(C)C(=O)O)c(C)c2)CC1C. The molecular weight excluding hydrogens is 508 g/mol. The number of ether oxygens (including phenoxy) is 2. The molecule has 0 aromatic heterocycles. The third-order valence-electron chi connectivity index (χ3n) is 8.50. The van der Waals surface area contributed by atoms with Crippen LogP contribution in [0.2, 0.25) is 0 Å². The summed E-state index contributed by atoms with van der Waals surface area (Å²) in [5.41, 5.74) is 2.60. The van der Waals surface area contributed by atoms with Gasteiger partial charge in [-0.05, 0) is 119 Å². The number of rotatable bonds is 12. The zero-order valence-electron chi connectivity index (χ0n) is 24.7. The average molecular weight is 555 g/mol. The molecular formula is C33H46O5S. The summed E-state index contributed by atoms with van der Waals surface area (Å²) in [5, 5.41) is 9.50. The Morgan fingerprint density at radius 1 is 1.03 bits per heavy atom. The first-order chi connectivity index (χ1) is 18.5. The van der Waals surface area contributed by atoms with Gasteiger partial charge in [0.25, 0.3) is 0 Å². The lowest BCUT2D eigenvalue weighted by Gasteiger charge is -2.27. The molecule has 1 N–H and O–H groups in total. The van der Waals surface area contributed by atoms with Gasteiger partial charge in [0.2, 0.25) is 0 Å². The Morgan fingerprint density at radius 3 is 2.23 bits per heavy atom. The molecule has 0 amide bonds. The van der Waals surface area contributed by atoms with E-state index in [1.165, 1.54) is 10.5 Å². The second-order valence-corrected chi connectivity index (χ2v) is 12.7. The van der Waals surface area contributed by atoms with Crippen molar-refractivity contribution in [2.24, 2.45) is 23.7 Å². The van der Waals surface area contributed by atoms with E-state index in [9.17, 15) is 14.7 Å². The van der Waals surface area contributed by atoms with Crippen molar-refractivity contribution < 1.29 is 24.2 Å². The molecule has 2 aromatic rings. The maximum Gasteiger partial charge on any atom is 0.347 e. The molecule has 5 nitrogen and oxygen atoms in total. The van der Waals surface area contributed by atoms with E-state index in [0.717, 1.165) is 61.8 Å². The molecule has 214 valence electrons. The van der Waals surface area contributed by atoms with E-state index in [4.69, 9.17) is 9.47 Å². The van der Waals surface area contributed by atoms with Crippen molar-refractivity contribution in [2.45, 2.75) is 83.6 Å². The van der Waals surface area contributed by atoms with Gasteiger partial charge in [0.15, 0.2) is 11.4 Å². The zero-order chi connectivity index (χ0) is 28.7. The van der Waals surface area contributed by atoms with E-state index < -0.39 is 11.6 Å². The first-order valence-corrected chi connectivity index (χ1v) is 15.4. The quantitative estimate of drug-likeness (QED) is 0.164. The summed E-state index contributed by atoms with van der Waals surface area (Å²) in [6.45, 7) is 10.2. The van der Waals surface area contributed by atoms with Crippen LogP contribution in [-0.2, 0) is 16.0 Å².